The molecule has 2 aromatic carbocycles. The molecule has 0 saturated carbocycles. The van der Waals surface area contributed by atoms with Crippen LogP contribution in [0.4, 0.5) is 0 Å². The molecule has 8 heteroatoms. The van der Waals surface area contributed by atoms with Crippen LogP contribution in [-0.2, 0) is 19.1 Å². The highest BCUT2D eigenvalue weighted by atomic mass is 16.5. The van der Waals surface area contributed by atoms with Gasteiger partial charge in [0.1, 0.15) is 17.4 Å². The minimum atomic E-state index is -1.98. The zero-order valence-electron chi connectivity index (χ0n) is 19.9. The molecule has 1 N–H and O–H groups in total. The van der Waals surface area contributed by atoms with Crippen LogP contribution in [0, 0.1) is 40.9 Å². The number of hydrogen-bond acceptors (Lipinski definition) is 8. The van der Waals surface area contributed by atoms with Gasteiger partial charge in [-0.25, -0.2) is 4.79 Å². The molecular weight excluding hydrogens is 448 g/mol. The standard InChI is InChI=1S/C27H26N2O6/c1-5-35-19-12-10-18(11-13-19)23-21(26(32)34-4)24(30)20(25(31)33-3)22(27(23,14-28)15-29)17-8-6-16(2)7-9-17/h6-13,21-23,30H,5H2,1-4H3/t21-,22-,23+/m0/s1. The number of methoxy groups -OCH3 is 2. The number of benzene rings is 2. The van der Waals surface area contributed by atoms with E-state index in [9.17, 15) is 25.2 Å². The van der Waals surface area contributed by atoms with E-state index in [-0.39, 0.29) is 5.57 Å². The molecule has 0 aromatic heterocycles. The highest BCUT2D eigenvalue weighted by Gasteiger charge is 2.61. The monoisotopic (exact) mass is 474 g/mol. The molecule has 3 rings (SSSR count). The van der Waals surface area contributed by atoms with Gasteiger partial charge in [0, 0.05) is 5.92 Å². The third-order valence-electron chi connectivity index (χ3n) is 6.33. The van der Waals surface area contributed by atoms with Gasteiger partial charge in [0.05, 0.1) is 44.5 Å². The number of nitriles is 2. The number of aryl methyl sites for hydroxylation is 1. The van der Waals surface area contributed by atoms with E-state index in [0.29, 0.717) is 23.5 Å². The van der Waals surface area contributed by atoms with Gasteiger partial charge in [-0.15, -0.1) is 0 Å². The Labute approximate surface area is 204 Å². The highest BCUT2D eigenvalue weighted by molar-refractivity contribution is 5.94. The van der Waals surface area contributed by atoms with Crippen molar-refractivity contribution in [2.45, 2.75) is 25.7 Å². The summed E-state index contributed by atoms with van der Waals surface area (Å²) < 4.78 is 15.4. The normalized spacial score (nSPS) is 20.8. The van der Waals surface area contributed by atoms with Crippen molar-refractivity contribution in [3.63, 3.8) is 0 Å². The van der Waals surface area contributed by atoms with Crippen molar-refractivity contribution in [1.29, 1.82) is 10.5 Å². The van der Waals surface area contributed by atoms with Crippen LogP contribution < -0.4 is 4.74 Å². The number of carbonyl (C=O) groups excluding carboxylic acids is 2. The summed E-state index contributed by atoms with van der Waals surface area (Å²) in [5.74, 6) is -5.72. The molecule has 0 saturated heterocycles. The summed E-state index contributed by atoms with van der Waals surface area (Å²) in [5, 5.41) is 32.4. The Hall–Kier alpha value is -4.30. The van der Waals surface area contributed by atoms with Gasteiger partial charge in [-0.2, -0.15) is 10.5 Å². The summed E-state index contributed by atoms with van der Waals surface area (Å²) in [6, 6.07) is 17.7. The van der Waals surface area contributed by atoms with Gasteiger partial charge in [0.2, 0.25) is 0 Å². The van der Waals surface area contributed by atoms with E-state index in [1.54, 1.807) is 48.5 Å². The maximum absolute atomic E-state index is 13.0. The lowest BCUT2D eigenvalue weighted by Crippen LogP contribution is -2.47. The summed E-state index contributed by atoms with van der Waals surface area (Å²) in [7, 11) is 2.26. The smallest absolute Gasteiger partial charge is 0.337 e. The second kappa shape index (κ2) is 10.3. The highest BCUT2D eigenvalue weighted by Crippen LogP contribution is 2.59. The lowest BCUT2D eigenvalue weighted by molar-refractivity contribution is -0.147. The molecule has 1 aliphatic rings. The Morgan fingerprint density at radius 2 is 1.54 bits per heavy atom. The van der Waals surface area contributed by atoms with Crippen LogP contribution >= 0.6 is 0 Å². The molecule has 8 nitrogen and oxygen atoms in total. The van der Waals surface area contributed by atoms with Crippen LogP contribution in [0.1, 0.15) is 35.4 Å². The molecule has 35 heavy (non-hydrogen) atoms. The van der Waals surface area contributed by atoms with Gasteiger partial charge in [-0.1, -0.05) is 42.0 Å². The molecule has 3 atom stereocenters. The minimum absolute atomic E-state index is 0.322. The number of esters is 2. The fraction of sp³-hybridized carbons (Fsp3) is 0.333. The number of ether oxygens (including phenoxy) is 3. The fourth-order valence-corrected chi connectivity index (χ4v) is 4.73. The summed E-state index contributed by atoms with van der Waals surface area (Å²) in [4.78, 5) is 25.9. The van der Waals surface area contributed by atoms with Crippen molar-refractivity contribution in [3.8, 4) is 17.9 Å². The predicted octanol–water partition coefficient (Wildman–Crippen LogP) is 4.08. The van der Waals surface area contributed by atoms with Crippen molar-refractivity contribution in [3.05, 3.63) is 76.6 Å². The number of rotatable bonds is 6. The van der Waals surface area contributed by atoms with Gasteiger partial charge < -0.3 is 19.3 Å². The average Bonchev–Trinajstić information content (AvgIpc) is 2.88. The maximum Gasteiger partial charge on any atom is 0.337 e. The third kappa shape index (κ3) is 4.31. The van der Waals surface area contributed by atoms with Gasteiger partial charge in [0.15, 0.2) is 5.41 Å². The van der Waals surface area contributed by atoms with Gasteiger partial charge in [-0.05, 0) is 37.1 Å². The topological polar surface area (TPSA) is 130 Å². The predicted molar refractivity (Wildman–Crippen MR) is 125 cm³/mol. The molecule has 180 valence electrons. The first-order valence-electron chi connectivity index (χ1n) is 11.0. The van der Waals surface area contributed by atoms with Crippen molar-refractivity contribution < 1.29 is 28.9 Å². The lowest BCUT2D eigenvalue weighted by atomic mass is 9.54. The van der Waals surface area contributed by atoms with E-state index in [2.05, 4.69) is 12.1 Å². The van der Waals surface area contributed by atoms with Crippen molar-refractivity contribution in [1.82, 2.24) is 0 Å². The Kier molecular flexibility index (Phi) is 7.46. The Morgan fingerprint density at radius 1 is 0.971 bits per heavy atom. The van der Waals surface area contributed by atoms with Crippen LogP contribution in [0.25, 0.3) is 0 Å². The zero-order valence-corrected chi connectivity index (χ0v) is 19.9. The number of hydrogen-bond donors (Lipinski definition) is 1. The van der Waals surface area contributed by atoms with Crippen LogP contribution in [0.2, 0.25) is 0 Å². The van der Waals surface area contributed by atoms with Gasteiger partial charge in [0.25, 0.3) is 0 Å². The first-order valence-corrected chi connectivity index (χ1v) is 11.0. The molecule has 0 aliphatic heterocycles. The van der Waals surface area contributed by atoms with Crippen molar-refractivity contribution in [2.24, 2.45) is 11.3 Å². The van der Waals surface area contributed by atoms with Crippen molar-refractivity contribution >= 4 is 11.9 Å². The summed E-state index contributed by atoms with van der Waals surface area (Å²) in [6.45, 7) is 4.15. The quantitative estimate of drug-likeness (QED) is 0.620. The van der Waals surface area contributed by atoms with E-state index >= 15 is 0 Å². The first-order chi connectivity index (χ1) is 16.8. The lowest BCUT2D eigenvalue weighted by Gasteiger charge is -2.44. The molecular formula is C27H26N2O6. The second-order valence-electron chi connectivity index (χ2n) is 8.21. The Balaban J connectivity index is 2.42. The molecule has 0 bridgehead atoms. The van der Waals surface area contributed by atoms with Crippen LogP contribution in [-0.4, -0.2) is 37.9 Å². The summed E-state index contributed by atoms with van der Waals surface area (Å²) in [5.41, 5.74) is -0.495. The third-order valence-corrected chi connectivity index (χ3v) is 6.33. The molecule has 0 amide bonds. The summed E-state index contributed by atoms with van der Waals surface area (Å²) in [6.07, 6.45) is 0. The van der Waals surface area contributed by atoms with E-state index in [4.69, 9.17) is 14.2 Å². The molecule has 1 aliphatic carbocycles. The van der Waals surface area contributed by atoms with Crippen molar-refractivity contribution in [2.75, 3.05) is 20.8 Å². The van der Waals surface area contributed by atoms with E-state index in [1.165, 1.54) is 0 Å². The van der Waals surface area contributed by atoms with E-state index < -0.39 is 40.9 Å². The first kappa shape index (κ1) is 25.3. The van der Waals surface area contributed by atoms with E-state index in [0.717, 1.165) is 19.8 Å². The van der Waals surface area contributed by atoms with Gasteiger partial charge in [-0.3, -0.25) is 4.79 Å². The maximum atomic E-state index is 13.0. The number of carbonyl (C=O) groups is 2. The Bertz CT molecular complexity index is 1200. The van der Waals surface area contributed by atoms with Crippen LogP contribution in [0.3, 0.4) is 0 Å². The molecule has 0 fully saturated rings. The molecule has 2 aromatic rings. The molecule has 0 spiro atoms. The molecule has 0 unspecified atom stereocenters. The summed E-state index contributed by atoms with van der Waals surface area (Å²) >= 11 is 0. The fourth-order valence-electron chi connectivity index (χ4n) is 4.73. The van der Waals surface area contributed by atoms with Crippen LogP contribution in [0.15, 0.2) is 59.9 Å². The molecule has 0 heterocycles. The minimum Gasteiger partial charge on any atom is -0.511 e. The van der Waals surface area contributed by atoms with Gasteiger partial charge >= 0.3 is 11.9 Å². The molecule has 0 radical (unpaired) electrons. The van der Waals surface area contributed by atoms with Crippen LogP contribution in [0.5, 0.6) is 5.75 Å². The number of aliphatic hydroxyl groups excluding tert-OH is 1. The second-order valence-corrected chi connectivity index (χ2v) is 8.21. The average molecular weight is 475 g/mol. The zero-order chi connectivity index (χ0) is 25.8. The largest absolute Gasteiger partial charge is 0.511 e. The Morgan fingerprint density at radius 3 is 2.03 bits per heavy atom. The SMILES string of the molecule is CCOc1ccc([C@@H]2[C@H](C(=O)OC)C(O)=C(C(=O)OC)[C@H](c3ccc(C)cc3)C2(C#N)C#N)cc1. The number of nitrogens with zero attached hydrogens (tertiary/aromatic N) is 2. The number of aliphatic hydroxyl groups is 1. The van der Waals surface area contributed by atoms with E-state index in [1.807, 2.05) is 13.8 Å².